The quantitative estimate of drug-likeness (QED) is 0.642. The smallest absolute Gasteiger partial charge is 0.413 e. The topological polar surface area (TPSA) is 35.2 Å². The van der Waals surface area contributed by atoms with Gasteiger partial charge in [0.25, 0.3) is 0 Å². The molecule has 0 aliphatic carbocycles. The molecule has 6 heteroatoms. The minimum atomic E-state index is -4.39. The van der Waals surface area contributed by atoms with Crippen LogP contribution >= 0.6 is 0 Å². The molecule has 0 amide bonds. The first-order valence-electron chi connectivity index (χ1n) is 6.44. The fourth-order valence-electron chi connectivity index (χ4n) is 1.48. The Kier molecular flexibility index (Phi) is 4.61. The zero-order chi connectivity index (χ0) is 15.8. The maximum Gasteiger partial charge on any atom is 0.416 e. The molecule has 1 rings (SSSR count). The van der Waals surface area contributed by atoms with Gasteiger partial charge in [-0.25, -0.2) is 0 Å². The van der Waals surface area contributed by atoms with Crippen molar-refractivity contribution in [3.63, 3.8) is 0 Å². The third kappa shape index (κ3) is 3.99. The highest BCUT2D eigenvalue weighted by atomic mass is 28.4. The van der Waals surface area contributed by atoms with Gasteiger partial charge in [0.05, 0.1) is 12.2 Å². The first kappa shape index (κ1) is 17.0. The van der Waals surface area contributed by atoms with Gasteiger partial charge in [-0.2, -0.15) is 13.2 Å². The average molecular weight is 305 g/mol. The molecule has 20 heavy (non-hydrogen) atoms. The average Bonchev–Trinajstić information content (AvgIpc) is 2.23. The summed E-state index contributed by atoms with van der Waals surface area (Å²) in [6.45, 7) is 10.1. The minimum Gasteiger partial charge on any atom is -0.413 e. The molecule has 0 fully saturated rings. The minimum absolute atomic E-state index is 0.0499. The van der Waals surface area contributed by atoms with Crippen LogP contribution in [0.25, 0.3) is 0 Å². The van der Waals surface area contributed by atoms with Gasteiger partial charge in [0, 0.05) is 5.69 Å². The van der Waals surface area contributed by atoms with E-state index in [0.717, 1.165) is 6.07 Å². The summed E-state index contributed by atoms with van der Waals surface area (Å²) in [5.41, 5.74) is 5.32. The van der Waals surface area contributed by atoms with Crippen LogP contribution in [0.5, 0.6) is 0 Å². The van der Waals surface area contributed by atoms with Crippen LogP contribution in [0.4, 0.5) is 18.9 Å². The first-order chi connectivity index (χ1) is 8.84. The highest BCUT2D eigenvalue weighted by Crippen LogP contribution is 2.38. The lowest BCUT2D eigenvalue weighted by Crippen LogP contribution is -2.40. The van der Waals surface area contributed by atoms with E-state index in [1.807, 2.05) is 33.9 Å². The summed E-state index contributed by atoms with van der Waals surface area (Å²) >= 11 is 0. The van der Waals surface area contributed by atoms with Crippen LogP contribution < -0.4 is 5.73 Å². The molecule has 0 aliphatic heterocycles. The lowest BCUT2D eigenvalue weighted by molar-refractivity contribution is -0.138. The van der Waals surface area contributed by atoms with Gasteiger partial charge in [0.15, 0.2) is 8.32 Å². The number of rotatable bonds is 3. The van der Waals surface area contributed by atoms with Gasteiger partial charge in [0.2, 0.25) is 0 Å². The van der Waals surface area contributed by atoms with Gasteiger partial charge in [-0.15, -0.1) is 0 Å². The molecule has 2 nitrogen and oxygen atoms in total. The summed E-state index contributed by atoms with van der Waals surface area (Å²) in [5, 5.41) is -0.0499. The summed E-state index contributed by atoms with van der Waals surface area (Å²) in [7, 11) is -2.10. The fourth-order valence-corrected chi connectivity index (χ4v) is 2.43. The molecule has 0 unspecified atom stereocenters. The van der Waals surface area contributed by atoms with E-state index in [2.05, 4.69) is 0 Å². The largest absolute Gasteiger partial charge is 0.416 e. The molecule has 1 aromatic carbocycles. The van der Waals surface area contributed by atoms with Crippen molar-refractivity contribution in [2.75, 3.05) is 5.73 Å². The molecule has 114 valence electrons. The van der Waals surface area contributed by atoms with E-state index in [1.165, 1.54) is 12.1 Å². The Morgan fingerprint density at radius 3 is 2.15 bits per heavy atom. The van der Waals surface area contributed by atoms with Gasteiger partial charge in [-0.05, 0) is 41.9 Å². The van der Waals surface area contributed by atoms with Crippen molar-refractivity contribution in [1.29, 1.82) is 0 Å². The SMILES string of the molecule is CC(C)(C)[Si](C)(C)OCc1cc(N)ccc1C(F)(F)F. The van der Waals surface area contributed by atoms with Crippen LogP contribution in [0.2, 0.25) is 18.1 Å². The van der Waals surface area contributed by atoms with Gasteiger partial charge in [-0.1, -0.05) is 20.8 Å². The summed E-state index contributed by atoms with van der Waals surface area (Å²) < 4.78 is 44.7. The molecular formula is C14H22F3NOSi. The second-order valence-electron chi connectivity index (χ2n) is 6.46. The summed E-state index contributed by atoms with van der Waals surface area (Å²) in [5.74, 6) is 0. The summed E-state index contributed by atoms with van der Waals surface area (Å²) in [4.78, 5) is 0. The Hall–Kier alpha value is -1.01. The number of hydrogen-bond acceptors (Lipinski definition) is 2. The number of benzene rings is 1. The van der Waals surface area contributed by atoms with Gasteiger partial charge >= 0.3 is 6.18 Å². The molecule has 0 spiro atoms. The van der Waals surface area contributed by atoms with Crippen molar-refractivity contribution in [3.05, 3.63) is 29.3 Å². The molecule has 0 bridgehead atoms. The van der Waals surface area contributed by atoms with Gasteiger partial charge in [-0.3, -0.25) is 0 Å². The maximum atomic E-state index is 12.9. The summed E-state index contributed by atoms with van der Waals surface area (Å²) in [6, 6.07) is 3.62. The third-order valence-electron chi connectivity index (χ3n) is 3.83. The molecule has 0 aliphatic rings. The molecule has 0 radical (unpaired) electrons. The van der Waals surface area contributed by atoms with Crippen LogP contribution in [0, 0.1) is 0 Å². The maximum absolute atomic E-state index is 12.9. The number of alkyl halides is 3. The van der Waals surface area contributed by atoms with Gasteiger partial charge < -0.3 is 10.2 Å². The lowest BCUT2D eigenvalue weighted by Gasteiger charge is -2.36. The zero-order valence-electron chi connectivity index (χ0n) is 12.6. The van der Waals surface area contributed by atoms with Crippen molar-refractivity contribution >= 4 is 14.0 Å². The molecule has 1 aromatic rings. The van der Waals surface area contributed by atoms with Crippen molar-refractivity contribution in [3.8, 4) is 0 Å². The van der Waals surface area contributed by atoms with E-state index >= 15 is 0 Å². The van der Waals surface area contributed by atoms with Crippen LogP contribution in [-0.2, 0) is 17.2 Å². The van der Waals surface area contributed by atoms with E-state index in [9.17, 15) is 13.2 Å². The van der Waals surface area contributed by atoms with Crippen LogP contribution in [0.3, 0.4) is 0 Å². The third-order valence-corrected chi connectivity index (χ3v) is 8.31. The molecule has 0 atom stereocenters. The first-order valence-corrected chi connectivity index (χ1v) is 9.35. The van der Waals surface area contributed by atoms with Crippen molar-refractivity contribution < 1.29 is 17.6 Å². The molecule has 0 heterocycles. The fraction of sp³-hybridized carbons (Fsp3) is 0.571. The normalized spacial score (nSPS) is 13.6. The summed E-state index contributed by atoms with van der Waals surface area (Å²) in [6.07, 6.45) is -4.39. The molecular weight excluding hydrogens is 283 g/mol. The van der Waals surface area contributed by atoms with Crippen LogP contribution in [0.15, 0.2) is 18.2 Å². The second kappa shape index (κ2) is 5.41. The van der Waals surface area contributed by atoms with Crippen LogP contribution in [-0.4, -0.2) is 8.32 Å². The van der Waals surface area contributed by atoms with E-state index < -0.39 is 20.1 Å². The van der Waals surface area contributed by atoms with Crippen molar-refractivity contribution in [2.24, 2.45) is 0 Å². The zero-order valence-corrected chi connectivity index (χ0v) is 13.6. The van der Waals surface area contributed by atoms with Crippen molar-refractivity contribution in [1.82, 2.24) is 0 Å². The van der Waals surface area contributed by atoms with Crippen LogP contribution in [0.1, 0.15) is 31.9 Å². The van der Waals surface area contributed by atoms with E-state index in [-0.39, 0.29) is 17.2 Å². The molecule has 0 saturated carbocycles. The molecule has 0 aromatic heterocycles. The molecule has 2 N–H and O–H groups in total. The number of anilines is 1. The number of halogens is 3. The second-order valence-corrected chi connectivity index (χ2v) is 11.3. The number of hydrogen-bond donors (Lipinski definition) is 1. The van der Waals surface area contributed by atoms with Crippen molar-refractivity contribution in [2.45, 2.75) is 51.7 Å². The molecule has 0 saturated heterocycles. The van der Waals surface area contributed by atoms with E-state index in [0.29, 0.717) is 5.69 Å². The Balaban J connectivity index is 3.02. The Morgan fingerprint density at radius 1 is 1.15 bits per heavy atom. The lowest BCUT2D eigenvalue weighted by atomic mass is 10.1. The Bertz CT molecular complexity index is 478. The predicted octanol–water partition coefficient (Wildman–Crippen LogP) is 4.81. The van der Waals surface area contributed by atoms with E-state index in [1.54, 1.807) is 0 Å². The number of nitrogens with two attached hydrogens (primary N) is 1. The predicted molar refractivity (Wildman–Crippen MR) is 77.8 cm³/mol. The highest BCUT2D eigenvalue weighted by Gasteiger charge is 2.38. The Labute approximate surface area is 119 Å². The monoisotopic (exact) mass is 305 g/mol. The Morgan fingerprint density at radius 2 is 1.70 bits per heavy atom. The highest BCUT2D eigenvalue weighted by molar-refractivity contribution is 6.74. The van der Waals surface area contributed by atoms with Gasteiger partial charge in [0.1, 0.15) is 0 Å². The standard InChI is InChI=1S/C14H22F3NOSi/c1-13(2,3)20(4,5)19-9-10-8-11(18)6-7-12(10)14(15,16)17/h6-8H,9,18H2,1-5H3. The van der Waals surface area contributed by atoms with E-state index in [4.69, 9.17) is 10.2 Å². The number of nitrogen functional groups attached to an aromatic ring is 1.